The van der Waals surface area contributed by atoms with Crippen molar-refractivity contribution in [3.63, 3.8) is 0 Å². The normalized spacial score (nSPS) is 41.6. The van der Waals surface area contributed by atoms with Crippen LogP contribution in [0, 0.1) is 64.6 Å². The Morgan fingerprint density at radius 3 is 1.37 bits per heavy atom. The Morgan fingerprint density at radius 1 is 0.471 bits per heavy atom. The van der Waals surface area contributed by atoms with Crippen LogP contribution < -0.4 is 0 Å². The Balaban J connectivity index is 0.736. The molecule has 8 saturated carbocycles. The highest BCUT2D eigenvalue weighted by molar-refractivity contribution is 7.95. The number of rotatable bonds is 18. The van der Waals surface area contributed by atoms with Crippen LogP contribution in [0.1, 0.15) is 220 Å². The van der Waals surface area contributed by atoms with Crippen LogP contribution in [0.3, 0.4) is 0 Å². The van der Waals surface area contributed by atoms with Crippen molar-refractivity contribution in [1.82, 2.24) is 0 Å². The summed E-state index contributed by atoms with van der Waals surface area (Å²) in [6.07, 6.45) is 27.3. The van der Waals surface area contributed by atoms with E-state index in [9.17, 15) is 27.4 Å². The molecule has 70 heavy (non-hydrogen) atoms. The second kappa shape index (κ2) is 25.2. The molecular formula is C56H92O12S2. The van der Waals surface area contributed by atoms with Crippen molar-refractivity contribution in [2.45, 2.75) is 267 Å². The van der Waals surface area contributed by atoms with Gasteiger partial charge in [-0.2, -0.15) is 8.42 Å². The van der Waals surface area contributed by atoms with Gasteiger partial charge in [0.25, 0.3) is 10.1 Å². The Bertz CT molecular complexity index is 1790. The average Bonchev–Trinajstić information content (AvgIpc) is 3.36. The summed E-state index contributed by atoms with van der Waals surface area (Å²) in [5, 5.41) is 11.8. The first-order valence-electron chi connectivity index (χ1n) is 28.7. The van der Waals surface area contributed by atoms with Crippen LogP contribution in [0.2, 0.25) is 0 Å². The molecule has 0 saturated heterocycles. The second-order valence-corrected chi connectivity index (χ2v) is 27.8. The quantitative estimate of drug-likeness (QED) is 0.0575. The van der Waals surface area contributed by atoms with Gasteiger partial charge in [-0.3, -0.25) is 18.9 Å². The van der Waals surface area contributed by atoms with Gasteiger partial charge < -0.3 is 14.2 Å². The molecule has 8 aliphatic rings. The lowest BCUT2D eigenvalue weighted by Gasteiger charge is -2.47. The first-order chi connectivity index (χ1) is 33.5. The fourth-order valence-corrected chi connectivity index (χ4v) is 17.4. The van der Waals surface area contributed by atoms with Gasteiger partial charge in [-0.25, -0.2) is 5.26 Å². The third kappa shape index (κ3) is 14.3. The number of hydrogen-bond acceptors (Lipinski definition) is 12. The van der Waals surface area contributed by atoms with Gasteiger partial charge in [-0.1, -0.05) is 52.0 Å². The standard InChI is InChI=1S/C56H92O12S2/c1-35-8-12-37(13-9-35)53(57)39-6-5-7-40(32-39)54(58)38-14-24-45(25-15-38)64-46-26-18-43(19-27-46)56(3,4)44-20-28-48(29-21-44)65-49-30-16-41(33-51(49)69-68-67-60)55(59)42-17-31-50(52(34-42)70(61,62)63)66-47-22-10-36(2)11-23-47/h35-52,60H,5-34H2,1-4H3,(H,61,62,63). The zero-order chi connectivity index (χ0) is 49.6. The molecule has 8 rings (SSSR count). The lowest BCUT2D eigenvalue weighted by atomic mass is 9.60. The van der Waals surface area contributed by atoms with E-state index in [2.05, 4.69) is 32.7 Å². The fraction of sp³-hybridized carbons (Fsp3) is 0.946. The smallest absolute Gasteiger partial charge is 0.270 e. The highest BCUT2D eigenvalue weighted by Gasteiger charge is 2.47. The Hall–Kier alpha value is -0.970. The minimum atomic E-state index is -4.41. The first-order valence-corrected chi connectivity index (χ1v) is 31.0. The summed E-state index contributed by atoms with van der Waals surface area (Å²) in [5.41, 5.74) is 0.212. The van der Waals surface area contributed by atoms with Crippen LogP contribution in [0.25, 0.3) is 0 Å². The van der Waals surface area contributed by atoms with Crippen molar-refractivity contribution >= 4 is 39.5 Å². The average molecular weight is 1020 g/mol. The van der Waals surface area contributed by atoms with E-state index in [0.717, 1.165) is 146 Å². The van der Waals surface area contributed by atoms with Crippen LogP contribution in [0.4, 0.5) is 0 Å². The van der Waals surface area contributed by atoms with E-state index in [0.29, 0.717) is 67.5 Å². The second-order valence-electron chi connectivity index (χ2n) is 25.2. The largest absolute Gasteiger partial charge is 0.375 e. The Morgan fingerprint density at radius 2 is 0.857 bits per heavy atom. The number of carbonyl (C=O) groups excluding carboxylic acids is 3. The zero-order valence-corrected chi connectivity index (χ0v) is 45.0. The molecular weight excluding hydrogens is 929 g/mol. The predicted octanol–water partition coefficient (Wildman–Crippen LogP) is 12.7. The minimum Gasteiger partial charge on any atom is -0.375 e. The highest BCUT2D eigenvalue weighted by atomic mass is 32.2. The maximum absolute atomic E-state index is 14.1. The summed E-state index contributed by atoms with van der Waals surface area (Å²) < 4.78 is 60.5. The number of Topliss-reactive ketones (excluding diaryl/α,β-unsaturated/α-hetero) is 3. The van der Waals surface area contributed by atoms with Gasteiger partial charge in [-0.15, -0.1) is 4.33 Å². The monoisotopic (exact) mass is 1020 g/mol. The summed E-state index contributed by atoms with van der Waals surface area (Å²) in [4.78, 5) is 41.3. The van der Waals surface area contributed by atoms with Crippen LogP contribution in [0.15, 0.2) is 0 Å². The molecule has 8 unspecified atom stereocenters. The summed E-state index contributed by atoms with van der Waals surface area (Å²) in [6, 6.07) is 0. The van der Waals surface area contributed by atoms with Crippen molar-refractivity contribution in [2.75, 3.05) is 0 Å². The van der Waals surface area contributed by atoms with Gasteiger partial charge in [-0.05, 0) is 202 Å². The van der Waals surface area contributed by atoms with Gasteiger partial charge in [0.15, 0.2) is 0 Å². The van der Waals surface area contributed by atoms with Crippen molar-refractivity contribution in [3.05, 3.63) is 0 Å². The third-order valence-corrected chi connectivity index (χ3v) is 22.5. The topological polar surface area (TPSA) is 172 Å². The minimum absolute atomic E-state index is 0.00866. The number of ketones is 3. The Labute approximate surface area is 425 Å². The van der Waals surface area contributed by atoms with Crippen molar-refractivity contribution < 1.29 is 56.2 Å². The number of carbonyl (C=O) groups is 3. The van der Waals surface area contributed by atoms with Crippen molar-refractivity contribution in [2.24, 2.45) is 64.6 Å². The third-order valence-electron chi connectivity index (χ3n) is 20.4. The SMILES string of the molecule is CC1CCC(OC2CCC(C(=O)C3CCC(OC4CCC(C(C)(C)C5CCC(OC6CCC(C(=O)C7CCCC(C(=O)C8CCC(C)CC8)C7)CC6)CC5)CC4)C(SOOO)C3)CC2S(=O)(=O)O)CC1. The molecule has 0 aromatic heterocycles. The summed E-state index contributed by atoms with van der Waals surface area (Å²) in [7, 11) is -4.41. The van der Waals surface area contributed by atoms with Gasteiger partial charge in [0.1, 0.15) is 22.6 Å². The molecule has 0 radical (unpaired) electrons. The first kappa shape index (κ1) is 55.3. The number of ether oxygens (including phenoxy) is 3. The highest BCUT2D eigenvalue weighted by Crippen LogP contribution is 2.50. The van der Waals surface area contributed by atoms with Gasteiger partial charge in [0.2, 0.25) is 0 Å². The van der Waals surface area contributed by atoms with E-state index >= 15 is 0 Å². The molecule has 400 valence electrons. The molecule has 0 aromatic rings. The predicted molar refractivity (Wildman–Crippen MR) is 271 cm³/mol. The van der Waals surface area contributed by atoms with Gasteiger partial charge in [0.05, 0.1) is 41.9 Å². The molecule has 0 amide bonds. The fourth-order valence-electron chi connectivity index (χ4n) is 15.6. The maximum Gasteiger partial charge on any atom is 0.270 e. The Kier molecular flexibility index (Phi) is 19.9. The van der Waals surface area contributed by atoms with E-state index in [-0.39, 0.29) is 76.9 Å². The molecule has 8 aliphatic carbocycles. The van der Waals surface area contributed by atoms with Gasteiger partial charge in [0, 0.05) is 47.6 Å². The van der Waals surface area contributed by atoms with E-state index < -0.39 is 27.4 Å². The number of hydrogen-bond donors (Lipinski definition) is 2. The summed E-state index contributed by atoms with van der Waals surface area (Å²) in [6.45, 7) is 9.49. The molecule has 0 heterocycles. The molecule has 2 N–H and O–H groups in total. The molecule has 12 nitrogen and oxygen atoms in total. The van der Waals surface area contributed by atoms with Crippen LogP contribution in [0.5, 0.6) is 0 Å². The van der Waals surface area contributed by atoms with Crippen LogP contribution >= 0.6 is 12.0 Å². The molecule has 8 fully saturated rings. The summed E-state index contributed by atoms with van der Waals surface area (Å²) >= 11 is 0.993. The van der Waals surface area contributed by atoms with Crippen LogP contribution in [-0.4, -0.2) is 82.7 Å². The molecule has 8 atom stereocenters. The van der Waals surface area contributed by atoms with E-state index in [1.54, 1.807) is 0 Å². The molecule has 0 aliphatic heterocycles. The molecule has 0 aromatic carbocycles. The lowest BCUT2D eigenvalue weighted by molar-refractivity contribution is -0.432. The van der Waals surface area contributed by atoms with E-state index in [4.69, 9.17) is 23.8 Å². The maximum atomic E-state index is 14.1. The molecule has 14 heteroatoms. The lowest BCUT2D eigenvalue weighted by Crippen LogP contribution is -2.47. The van der Waals surface area contributed by atoms with Crippen LogP contribution in [-0.2, 0) is 48.1 Å². The van der Waals surface area contributed by atoms with Crippen molar-refractivity contribution in [3.8, 4) is 0 Å². The van der Waals surface area contributed by atoms with Crippen molar-refractivity contribution in [1.29, 1.82) is 0 Å². The van der Waals surface area contributed by atoms with Gasteiger partial charge >= 0.3 is 0 Å². The molecule has 0 bridgehead atoms. The van der Waals surface area contributed by atoms with E-state index in [1.807, 2.05) is 0 Å². The summed E-state index contributed by atoms with van der Waals surface area (Å²) in [5.74, 6) is 3.35. The zero-order valence-electron chi connectivity index (χ0n) is 43.4. The molecule has 0 spiro atoms. The van der Waals surface area contributed by atoms with E-state index in [1.165, 1.54) is 25.7 Å².